The number of nitrogens with one attached hydrogen (secondary N) is 1. The van der Waals surface area contributed by atoms with Crippen molar-refractivity contribution in [3.63, 3.8) is 0 Å². The van der Waals surface area contributed by atoms with Crippen LogP contribution in [0.1, 0.15) is 123 Å². The van der Waals surface area contributed by atoms with Crippen molar-refractivity contribution in [3.05, 3.63) is 0 Å². The van der Waals surface area contributed by atoms with Crippen LogP contribution in [0.4, 0.5) is 0 Å². The Morgan fingerprint density at radius 3 is 1.26 bits per heavy atom. The van der Waals surface area contributed by atoms with E-state index in [-0.39, 0.29) is 5.91 Å². The monoisotopic (exact) mass is 325 g/mol. The molecule has 0 bridgehead atoms. The third-order valence-corrected chi connectivity index (χ3v) is 4.63. The summed E-state index contributed by atoms with van der Waals surface area (Å²) in [6, 6.07) is 0. The fraction of sp³-hybridized carbons (Fsp3) is 0.952. The number of hydrogen-bond acceptors (Lipinski definition) is 1. The van der Waals surface area contributed by atoms with Crippen molar-refractivity contribution < 1.29 is 4.79 Å². The maximum absolute atomic E-state index is 11.3. The van der Waals surface area contributed by atoms with Crippen LogP contribution >= 0.6 is 0 Å². The van der Waals surface area contributed by atoms with E-state index in [9.17, 15) is 4.79 Å². The van der Waals surface area contributed by atoms with Gasteiger partial charge in [-0.2, -0.15) is 0 Å². The van der Waals surface area contributed by atoms with E-state index in [2.05, 4.69) is 12.2 Å². The molecule has 0 rings (SSSR count). The average molecular weight is 326 g/mol. The summed E-state index contributed by atoms with van der Waals surface area (Å²) in [5, 5.41) is 2.86. The van der Waals surface area contributed by atoms with Crippen LogP contribution in [0.25, 0.3) is 0 Å². The molecule has 0 unspecified atom stereocenters. The predicted molar refractivity (Wildman–Crippen MR) is 103 cm³/mol. The fourth-order valence-electron chi connectivity index (χ4n) is 3.12. The van der Waals surface area contributed by atoms with Crippen molar-refractivity contribution in [1.29, 1.82) is 0 Å². The first-order valence-electron chi connectivity index (χ1n) is 10.6. The van der Waals surface area contributed by atoms with Crippen LogP contribution in [0, 0.1) is 0 Å². The first-order chi connectivity index (χ1) is 11.3. The van der Waals surface area contributed by atoms with E-state index >= 15 is 0 Å². The van der Waals surface area contributed by atoms with Crippen LogP contribution < -0.4 is 5.32 Å². The van der Waals surface area contributed by atoms with Crippen molar-refractivity contribution >= 4 is 5.91 Å². The van der Waals surface area contributed by atoms with Gasteiger partial charge >= 0.3 is 0 Å². The second kappa shape index (κ2) is 19.5. The molecule has 138 valence electrons. The Morgan fingerprint density at radius 1 is 0.565 bits per heavy atom. The maximum atomic E-state index is 11.3. The van der Waals surface area contributed by atoms with Gasteiger partial charge in [0.2, 0.25) is 5.91 Å². The maximum Gasteiger partial charge on any atom is 0.219 e. The third kappa shape index (κ3) is 19.4. The minimum Gasteiger partial charge on any atom is -0.356 e. The van der Waals surface area contributed by atoms with Crippen LogP contribution in [0.2, 0.25) is 0 Å². The molecule has 0 aliphatic carbocycles. The summed E-state index contributed by atoms with van der Waals surface area (Å²) in [5.41, 5.74) is 0. The van der Waals surface area contributed by atoms with Gasteiger partial charge in [-0.15, -0.1) is 0 Å². The topological polar surface area (TPSA) is 29.1 Å². The van der Waals surface area contributed by atoms with Gasteiger partial charge in [-0.05, 0) is 13.3 Å². The SMILES string of the molecule is CCCCCCCCCCCCCCCCCCC(=O)NCC. The molecule has 0 aromatic carbocycles. The summed E-state index contributed by atoms with van der Waals surface area (Å²) in [4.78, 5) is 11.3. The molecular formula is C21H43NO. The molecule has 1 N–H and O–H groups in total. The number of hydrogen-bond donors (Lipinski definition) is 1. The summed E-state index contributed by atoms with van der Waals surface area (Å²) in [5.74, 6) is 0.220. The Morgan fingerprint density at radius 2 is 0.913 bits per heavy atom. The van der Waals surface area contributed by atoms with Crippen molar-refractivity contribution in [3.8, 4) is 0 Å². The van der Waals surface area contributed by atoms with Gasteiger partial charge in [0.05, 0.1) is 0 Å². The second-order valence-electron chi connectivity index (χ2n) is 7.01. The Balaban J connectivity index is 3.01. The van der Waals surface area contributed by atoms with Gasteiger partial charge in [0.1, 0.15) is 0 Å². The standard InChI is InChI=1S/C21H43NO/c1-3-5-6-7-8-9-10-11-12-13-14-15-16-17-18-19-20-21(23)22-4-2/h3-20H2,1-2H3,(H,22,23). The van der Waals surface area contributed by atoms with Crippen LogP contribution in [-0.2, 0) is 4.79 Å². The molecule has 2 nitrogen and oxygen atoms in total. The molecule has 0 aromatic heterocycles. The lowest BCUT2D eigenvalue weighted by atomic mass is 10.0. The van der Waals surface area contributed by atoms with E-state index in [0.717, 1.165) is 13.0 Å². The van der Waals surface area contributed by atoms with Crippen LogP contribution in [0.15, 0.2) is 0 Å². The predicted octanol–water partition coefficient (Wildman–Crippen LogP) is 6.77. The molecule has 0 atom stereocenters. The second-order valence-corrected chi connectivity index (χ2v) is 7.01. The smallest absolute Gasteiger partial charge is 0.219 e. The summed E-state index contributed by atoms with van der Waals surface area (Å²) >= 11 is 0. The van der Waals surface area contributed by atoms with Gasteiger partial charge < -0.3 is 5.32 Å². The Bertz CT molecular complexity index is 240. The number of amides is 1. The summed E-state index contributed by atoms with van der Waals surface area (Å²) in [7, 11) is 0. The van der Waals surface area contributed by atoms with Crippen molar-refractivity contribution in [2.45, 2.75) is 123 Å². The lowest BCUT2D eigenvalue weighted by molar-refractivity contribution is -0.121. The lowest BCUT2D eigenvalue weighted by Gasteiger charge is -2.04. The minimum atomic E-state index is 0.220. The van der Waals surface area contributed by atoms with Crippen molar-refractivity contribution in [1.82, 2.24) is 5.32 Å². The zero-order valence-electron chi connectivity index (χ0n) is 16.1. The van der Waals surface area contributed by atoms with Gasteiger partial charge in [0.15, 0.2) is 0 Å². The first kappa shape index (κ1) is 22.5. The lowest BCUT2D eigenvalue weighted by Crippen LogP contribution is -2.21. The van der Waals surface area contributed by atoms with Crippen LogP contribution in [-0.4, -0.2) is 12.5 Å². The molecule has 1 amide bonds. The van der Waals surface area contributed by atoms with E-state index in [0.29, 0.717) is 6.42 Å². The Hall–Kier alpha value is -0.530. The molecule has 0 spiro atoms. The Labute approximate surface area is 146 Å². The molecule has 0 heterocycles. The molecular weight excluding hydrogens is 282 g/mol. The van der Waals surface area contributed by atoms with Crippen LogP contribution in [0.3, 0.4) is 0 Å². The molecule has 2 heteroatoms. The zero-order chi connectivity index (χ0) is 17.0. The fourth-order valence-corrected chi connectivity index (χ4v) is 3.12. The van der Waals surface area contributed by atoms with E-state index < -0.39 is 0 Å². The molecule has 0 aliphatic rings. The largest absolute Gasteiger partial charge is 0.356 e. The van der Waals surface area contributed by atoms with Gasteiger partial charge in [-0.3, -0.25) is 4.79 Å². The van der Waals surface area contributed by atoms with Crippen molar-refractivity contribution in [2.75, 3.05) is 6.54 Å². The Kier molecular flexibility index (Phi) is 19.1. The highest BCUT2D eigenvalue weighted by Crippen LogP contribution is 2.13. The summed E-state index contributed by atoms with van der Waals surface area (Å²) in [6.07, 6.45) is 22.8. The third-order valence-electron chi connectivity index (χ3n) is 4.63. The van der Waals surface area contributed by atoms with Crippen LogP contribution in [0.5, 0.6) is 0 Å². The highest BCUT2D eigenvalue weighted by Gasteiger charge is 1.98. The minimum absolute atomic E-state index is 0.220. The molecule has 23 heavy (non-hydrogen) atoms. The average Bonchev–Trinajstić information content (AvgIpc) is 2.54. The molecule has 0 saturated carbocycles. The highest BCUT2D eigenvalue weighted by molar-refractivity contribution is 5.75. The molecule has 0 fully saturated rings. The molecule has 0 aliphatic heterocycles. The van der Waals surface area contributed by atoms with Gasteiger partial charge in [0.25, 0.3) is 0 Å². The number of carbonyl (C=O) groups excluding carboxylic acids is 1. The first-order valence-corrected chi connectivity index (χ1v) is 10.6. The van der Waals surface area contributed by atoms with Gasteiger partial charge in [-0.25, -0.2) is 0 Å². The highest BCUT2D eigenvalue weighted by atomic mass is 16.1. The van der Waals surface area contributed by atoms with Gasteiger partial charge in [-0.1, -0.05) is 103 Å². The summed E-state index contributed by atoms with van der Waals surface area (Å²) in [6.45, 7) is 5.02. The van der Waals surface area contributed by atoms with E-state index in [1.807, 2.05) is 6.92 Å². The molecule has 0 aromatic rings. The number of rotatable bonds is 18. The normalized spacial score (nSPS) is 10.9. The molecule has 0 radical (unpaired) electrons. The van der Waals surface area contributed by atoms with E-state index in [1.165, 1.54) is 96.3 Å². The number of carbonyl (C=O) groups is 1. The van der Waals surface area contributed by atoms with Gasteiger partial charge in [0, 0.05) is 13.0 Å². The number of unbranched alkanes of at least 4 members (excludes halogenated alkanes) is 15. The molecule has 0 saturated heterocycles. The van der Waals surface area contributed by atoms with E-state index in [1.54, 1.807) is 0 Å². The van der Waals surface area contributed by atoms with Crippen molar-refractivity contribution in [2.24, 2.45) is 0 Å². The zero-order valence-corrected chi connectivity index (χ0v) is 16.1. The quantitative estimate of drug-likeness (QED) is 0.277. The summed E-state index contributed by atoms with van der Waals surface area (Å²) < 4.78 is 0. The van der Waals surface area contributed by atoms with E-state index in [4.69, 9.17) is 0 Å².